The number of halogens is 3. The van der Waals surface area contributed by atoms with Crippen LogP contribution in [-0.2, 0) is 6.18 Å². The Morgan fingerprint density at radius 2 is 1.77 bits per heavy atom. The summed E-state index contributed by atoms with van der Waals surface area (Å²) in [5.74, 6) is 0.752. The van der Waals surface area contributed by atoms with Gasteiger partial charge in [0.25, 0.3) is 0 Å². The third kappa shape index (κ3) is 5.91. The number of thioether (sulfide) groups is 1. The van der Waals surface area contributed by atoms with Crippen LogP contribution < -0.4 is 15.3 Å². The second-order valence-electron chi connectivity index (χ2n) is 10.1. The van der Waals surface area contributed by atoms with Gasteiger partial charge in [0.2, 0.25) is 0 Å². The lowest BCUT2D eigenvalue weighted by molar-refractivity contribution is -0.137. The van der Waals surface area contributed by atoms with E-state index in [9.17, 15) is 18.3 Å². The van der Waals surface area contributed by atoms with Gasteiger partial charge < -0.3 is 5.11 Å². The minimum absolute atomic E-state index is 0.279. The van der Waals surface area contributed by atoms with E-state index in [0.717, 1.165) is 34.5 Å². The standard InChI is InChI=1S/C29H29F3N6OS/c1-19(2)24-6-4-5-7-25(24)38-27(40-17-28(38,3)39)35-34-16-20-8-10-21(11-9-20)26-33-18-37(36-26)23-14-12-22(13-15-23)29(30,31)32/h4-16,18-19,26,36,39H,17H2,1-3H3/b34-16+,35-27-. The lowest BCUT2D eigenvalue weighted by Gasteiger charge is -2.32. The number of anilines is 2. The molecule has 0 saturated carbocycles. The number of aliphatic hydroxyl groups is 1. The Kier molecular flexibility index (Phi) is 7.72. The van der Waals surface area contributed by atoms with Crippen molar-refractivity contribution in [3.63, 3.8) is 0 Å². The van der Waals surface area contributed by atoms with Crippen molar-refractivity contribution in [3.8, 4) is 0 Å². The summed E-state index contributed by atoms with van der Waals surface area (Å²) in [7, 11) is 0. The maximum atomic E-state index is 12.8. The van der Waals surface area contributed by atoms with Gasteiger partial charge in [-0.05, 0) is 59.9 Å². The number of amidine groups is 1. The molecule has 40 heavy (non-hydrogen) atoms. The van der Waals surface area contributed by atoms with E-state index >= 15 is 0 Å². The highest BCUT2D eigenvalue weighted by Gasteiger charge is 2.41. The van der Waals surface area contributed by atoms with Gasteiger partial charge in [-0.25, -0.2) is 4.99 Å². The summed E-state index contributed by atoms with van der Waals surface area (Å²) < 4.78 is 38.5. The molecule has 3 aromatic rings. The van der Waals surface area contributed by atoms with Gasteiger partial charge in [0, 0.05) is 11.4 Å². The maximum absolute atomic E-state index is 12.8. The molecule has 7 nitrogen and oxygen atoms in total. The zero-order valence-corrected chi connectivity index (χ0v) is 23.0. The molecular formula is C29H29F3N6OS. The first-order valence-electron chi connectivity index (χ1n) is 12.7. The average Bonchev–Trinajstić information content (AvgIpc) is 3.53. The molecule has 0 amide bonds. The lowest BCUT2D eigenvalue weighted by Crippen LogP contribution is -2.45. The van der Waals surface area contributed by atoms with Gasteiger partial charge in [-0.1, -0.05) is 68.1 Å². The quantitative estimate of drug-likeness (QED) is 0.262. The molecule has 2 aliphatic rings. The summed E-state index contributed by atoms with van der Waals surface area (Å²) in [6.07, 6.45) is -1.55. The van der Waals surface area contributed by atoms with Gasteiger partial charge in [-0.15, -0.1) is 5.10 Å². The van der Waals surface area contributed by atoms with Crippen LogP contribution in [0.4, 0.5) is 24.5 Å². The molecule has 0 bridgehead atoms. The highest BCUT2D eigenvalue weighted by atomic mass is 32.2. The number of hydrazine groups is 1. The minimum Gasteiger partial charge on any atom is -0.370 e. The molecule has 208 valence electrons. The first-order valence-corrected chi connectivity index (χ1v) is 13.7. The van der Waals surface area contributed by atoms with E-state index in [1.807, 2.05) is 47.4 Å². The lowest BCUT2D eigenvalue weighted by atomic mass is 9.99. The van der Waals surface area contributed by atoms with Gasteiger partial charge in [0.1, 0.15) is 12.5 Å². The van der Waals surface area contributed by atoms with Crippen molar-refractivity contribution in [2.24, 2.45) is 15.2 Å². The molecule has 2 heterocycles. The number of benzene rings is 3. The average molecular weight is 567 g/mol. The Balaban J connectivity index is 1.25. The molecule has 2 N–H and O–H groups in total. The molecule has 0 aromatic heterocycles. The van der Waals surface area contributed by atoms with Crippen LogP contribution in [0.1, 0.15) is 55.1 Å². The summed E-state index contributed by atoms with van der Waals surface area (Å²) in [5, 5.41) is 22.0. The molecule has 11 heteroatoms. The number of nitrogens with one attached hydrogen (secondary N) is 1. The highest BCUT2D eigenvalue weighted by molar-refractivity contribution is 8.14. The van der Waals surface area contributed by atoms with Gasteiger partial charge >= 0.3 is 6.18 Å². The molecular weight excluding hydrogens is 537 g/mol. The Bertz CT molecular complexity index is 1440. The zero-order chi connectivity index (χ0) is 28.5. The Morgan fingerprint density at radius 3 is 2.45 bits per heavy atom. The number of para-hydroxylation sites is 1. The van der Waals surface area contributed by atoms with Crippen molar-refractivity contribution >= 4 is 40.9 Å². The summed E-state index contributed by atoms with van der Waals surface area (Å²) in [6, 6.07) is 20.5. The van der Waals surface area contributed by atoms with E-state index < -0.39 is 17.5 Å². The second kappa shape index (κ2) is 11.1. The first kappa shape index (κ1) is 27.9. The van der Waals surface area contributed by atoms with Crippen molar-refractivity contribution in [2.75, 3.05) is 15.7 Å². The fourth-order valence-electron chi connectivity index (χ4n) is 4.51. The highest BCUT2D eigenvalue weighted by Crippen LogP contribution is 2.39. The number of hydrogen-bond acceptors (Lipinski definition) is 7. The van der Waals surface area contributed by atoms with Crippen molar-refractivity contribution in [1.82, 2.24) is 5.43 Å². The van der Waals surface area contributed by atoms with Crippen LogP contribution in [0.15, 0.2) is 88.0 Å². The van der Waals surface area contributed by atoms with E-state index in [1.165, 1.54) is 23.9 Å². The molecule has 3 aromatic carbocycles. The first-order chi connectivity index (χ1) is 19.0. The SMILES string of the molecule is CC(C)c1ccccc1N1/C(=N/N=C/c2ccc(C3N=CN(c4ccc(C(F)(F)F)cc4)N3)cc2)SCC1(C)O. The minimum atomic E-state index is -4.38. The summed E-state index contributed by atoms with van der Waals surface area (Å²) in [4.78, 5) is 6.28. The number of alkyl halides is 3. The zero-order valence-electron chi connectivity index (χ0n) is 22.2. The van der Waals surface area contributed by atoms with Crippen molar-refractivity contribution in [2.45, 2.75) is 44.8 Å². The van der Waals surface area contributed by atoms with Crippen LogP contribution in [0.5, 0.6) is 0 Å². The molecule has 0 aliphatic carbocycles. The monoisotopic (exact) mass is 566 g/mol. The van der Waals surface area contributed by atoms with Crippen LogP contribution in [0.25, 0.3) is 0 Å². The Labute approximate surface area is 235 Å². The van der Waals surface area contributed by atoms with Crippen molar-refractivity contribution in [3.05, 3.63) is 95.1 Å². The molecule has 0 radical (unpaired) electrons. The topological polar surface area (TPSA) is 75.8 Å². The molecule has 1 saturated heterocycles. The fourth-order valence-corrected chi connectivity index (χ4v) is 5.57. The number of hydrogen-bond donors (Lipinski definition) is 2. The predicted molar refractivity (Wildman–Crippen MR) is 156 cm³/mol. The molecule has 2 aliphatic heterocycles. The van der Waals surface area contributed by atoms with Crippen molar-refractivity contribution in [1.29, 1.82) is 0 Å². The summed E-state index contributed by atoms with van der Waals surface area (Å²) in [6.45, 7) is 6.02. The summed E-state index contributed by atoms with van der Waals surface area (Å²) >= 11 is 1.46. The number of rotatable bonds is 6. The largest absolute Gasteiger partial charge is 0.416 e. The van der Waals surface area contributed by atoms with E-state index in [1.54, 1.807) is 24.5 Å². The Morgan fingerprint density at radius 1 is 1.07 bits per heavy atom. The van der Waals surface area contributed by atoms with E-state index in [2.05, 4.69) is 40.5 Å². The van der Waals surface area contributed by atoms with Gasteiger partial charge in [-0.3, -0.25) is 9.91 Å². The third-order valence-electron chi connectivity index (χ3n) is 6.62. The van der Waals surface area contributed by atoms with Crippen LogP contribution >= 0.6 is 11.8 Å². The van der Waals surface area contributed by atoms with Crippen LogP contribution in [-0.4, -0.2) is 34.3 Å². The predicted octanol–water partition coefficient (Wildman–Crippen LogP) is 6.53. The number of nitrogens with zero attached hydrogens (tertiary/aromatic N) is 5. The van der Waals surface area contributed by atoms with Crippen LogP contribution in [0.3, 0.4) is 0 Å². The van der Waals surface area contributed by atoms with Gasteiger partial charge in [-0.2, -0.15) is 23.7 Å². The smallest absolute Gasteiger partial charge is 0.370 e. The van der Waals surface area contributed by atoms with E-state index in [-0.39, 0.29) is 12.1 Å². The second-order valence-corrected chi connectivity index (χ2v) is 11.0. The van der Waals surface area contributed by atoms with Gasteiger partial charge in [0.15, 0.2) is 10.9 Å². The molecule has 1 fully saturated rings. The Hall–Kier alpha value is -3.67. The van der Waals surface area contributed by atoms with Crippen molar-refractivity contribution < 1.29 is 18.3 Å². The van der Waals surface area contributed by atoms with Gasteiger partial charge in [0.05, 0.1) is 17.5 Å². The normalized spacial score (nSPS) is 22.4. The van der Waals surface area contributed by atoms with Crippen LogP contribution in [0.2, 0.25) is 0 Å². The molecule has 0 spiro atoms. The molecule has 2 unspecified atom stereocenters. The van der Waals surface area contributed by atoms with E-state index in [0.29, 0.717) is 16.6 Å². The van der Waals surface area contributed by atoms with Crippen LogP contribution in [0, 0.1) is 0 Å². The summed E-state index contributed by atoms with van der Waals surface area (Å²) in [5.41, 5.74) is 5.68. The van der Waals surface area contributed by atoms with E-state index in [4.69, 9.17) is 0 Å². The third-order valence-corrected chi connectivity index (χ3v) is 7.83. The molecule has 5 rings (SSSR count). The fraction of sp³-hybridized carbons (Fsp3) is 0.276. The maximum Gasteiger partial charge on any atom is 0.416 e. The molecule has 2 atom stereocenters. The number of aliphatic imine (C=N–C) groups is 1.